The smallest absolute Gasteiger partial charge is 0.197 e. The normalized spacial score (nSPS) is 33.1. The van der Waals surface area contributed by atoms with Crippen molar-refractivity contribution in [2.24, 2.45) is 0 Å². The van der Waals surface area contributed by atoms with Crippen LogP contribution >= 0.6 is 0 Å². The standard InChI is InChI=1S/C27H30O16/c28-6-15-20(36)22(38)26(43-27-23(39)21(37)19(35)16(7-29)42-27)25(41-15)18-12(33)4-11(32)17-13(34)5-14(40-24(17)18)8-1-2-9(30)10(31)3-8/h1-5,15-16,19-23,25-33,35-39H,6-7H2/t15-,16-,19-,20+,21+,22+,23-,25-,26-,27+/m0/s1. The highest BCUT2D eigenvalue weighted by Gasteiger charge is 2.52. The molecule has 234 valence electrons. The highest BCUT2D eigenvalue weighted by atomic mass is 16.7. The van der Waals surface area contributed by atoms with E-state index in [0.29, 0.717) is 0 Å². The van der Waals surface area contributed by atoms with Gasteiger partial charge in [-0.15, -0.1) is 0 Å². The minimum Gasteiger partial charge on any atom is -0.507 e. The van der Waals surface area contributed by atoms with Gasteiger partial charge in [-0.25, -0.2) is 0 Å². The largest absolute Gasteiger partial charge is 0.507 e. The van der Waals surface area contributed by atoms with Gasteiger partial charge < -0.3 is 74.8 Å². The van der Waals surface area contributed by atoms with Crippen molar-refractivity contribution in [2.75, 3.05) is 13.2 Å². The van der Waals surface area contributed by atoms with Gasteiger partial charge in [-0.1, -0.05) is 0 Å². The third kappa shape index (κ3) is 5.38. The van der Waals surface area contributed by atoms with Crippen LogP contribution in [0.25, 0.3) is 22.3 Å². The Morgan fingerprint density at radius 1 is 0.698 bits per heavy atom. The van der Waals surface area contributed by atoms with E-state index in [0.717, 1.165) is 24.3 Å². The quantitative estimate of drug-likeness (QED) is 0.130. The van der Waals surface area contributed by atoms with E-state index in [1.165, 1.54) is 6.07 Å². The van der Waals surface area contributed by atoms with Crippen molar-refractivity contribution in [1.82, 2.24) is 0 Å². The molecule has 0 saturated carbocycles. The average molecular weight is 611 g/mol. The second-order valence-corrected chi connectivity index (χ2v) is 10.3. The Balaban J connectivity index is 1.67. The van der Waals surface area contributed by atoms with Crippen molar-refractivity contribution in [3.63, 3.8) is 0 Å². The summed E-state index contributed by atoms with van der Waals surface area (Å²) in [5.74, 6) is -2.70. The molecule has 10 atom stereocenters. The first kappa shape index (κ1) is 30.9. The van der Waals surface area contributed by atoms with E-state index in [1.54, 1.807) is 0 Å². The molecule has 0 bridgehead atoms. The summed E-state index contributed by atoms with van der Waals surface area (Å²) in [5.41, 5.74) is -1.66. The fourth-order valence-corrected chi connectivity index (χ4v) is 5.22. The Morgan fingerprint density at radius 2 is 1.35 bits per heavy atom. The number of phenols is 4. The zero-order chi connectivity index (χ0) is 31.3. The minimum atomic E-state index is -1.95. The summed E-state index contributed by atoms with van der Waals surface area (Å²) in [5, 5.41) is 113. The van der Waals surface area contributed by atoms with Crippen LogP contribution < -0.4 is 5.43 Å². The van der Waals surface area contributed by atoms with Gasteiger partial charge >= 0.3 is 0 Å². The molecule has 0 spiro atoms. The molecule has 43 heavy (non-hydrogen) atoms. The predicted molar refractivity (Wildman–Crippen MR) is 140 cm³/mol. The van der Waals surface area contributed by atoms with Crippen LogP contribution in [0.2, 0.25) is 0 Å². The van der Waals surface area contributed by atoms with Crippen LogP contribution in [0.15, 0.2) is 39.5 Å². The molecule has 0 unspecified atom stereocenters. The molecule has 3 heterocycles. The first-order chi connectivity index (χ1) is 20.4. The van der Waals surface area contributed by atoms with Gasteiger partial charge in [0.2, 0.25) is 0 Å². The van der Waals surface area contributed by atoms with Gasteiger partial charge in [-0.3, -0.25) is 4.79 Å². The van der Waals surface area contributed by atoms with Crippen molar-refractivity contribution in [3.05, 3.63) is 46.1 Å². The number of aromatic hydroxyl groups is 4. The molecule has 2 aliphatic heterocycles. The Bertz CT molecular complexity index is 1540. The van der Waals surface area contributed by atoms with E-state index in [4.69, 9.17) is 18.6 Å². The van der Waals surface area contributed by atoms with Gasteiger partial charge in [0.25, 0.3) is 0 Å². The molecule has 2 aromatic carbocycles. The molecule has 2 fully saturated rings. The lowest BCUT2D eigenvalue weighted by atomic mass is 9.89. The van der Waals surface area contributed by atoms with E-state index < -0.39 is 119 Å². The lowest BCUT2D eigenvalue weighted by Crippen LogP contribution is -2.62. The van der Waals surface area contributed by atoms with E-state index in [1.807, 2.05) is 0 Å². The van der Waals surface area contributed by atoms with Crippen molar-refractivity contribution in [2.45, 2.75) is 61.2 Å². The maximum atomic E-state index is 13.2. The molecule has 0 radical (unpaired) electrons. The molecule has 1 aromatic heterocycles. The fourth-order valence-electron chi connectivity index (χ4n) is 5.22. The molecule has 16 heteroatoms. The van der Waals surface area contributed by atoms with Crippen molar-refractivity contribution in [3.8, 4) is 34.3 Å². The Hall–Kier alpha value is -3.55. The number of rotatable bonds is 6. The lowest BCUT2D eigenvalue weighted by molar-refractivity contribution is -0.342. The number of hydrogen-bond acceptors (Lipinski definition) is 16. The van der Waals surface area contributed by atoms with Crippen molar-refractivity contribution in [1.29, 1.82) is 0 Å². The van der Waals surface area contributed by atoms with Crippen LogP contribution in [0.1, 0.15) is 11.7 Å². The third-order valence-electron chi connectivity index (χ3n) is 7.55. The van der Waals surface area contributed by atoms with Crippen LogP contribution in [0.5, 0.6) is 23.0 Å². The molecule has 2 aliphatic rings. The van der Waals surface area contributed by atoms with Crippen LogP contribution in [0, 0.1) is 0 Å². The van der Waals surface area contributed by atoms with Crippen molar-refractivity contribution >= 4 is 11.0 Å². The van der Waals surface area contributed by atoms with Gasteiger partial charge in [0.05, 0.1) is 18.8 Å². The summed E-state index contributed by atoms with van der Waals surface area (Å²) < 4.78 is 22.7. The second kappa shape index (κ2) is 11.9. The number of fused-ring (bicyclic) bond motifs is 1. The highest BCUT2D eigenvalue weighted by Crippen LogP contribution is 2.45. The Kier molecular flexibility index (Phi) is 8.52. The molecular weight excluding hydrogens is 580 g/mol. The van der Waals surface area contributed by atoms with Crippen LogP contribution in [0.4, 0.5) is 0 Å². The highest BCUT2D eigenvalue weighted by molar-refractivity contribution is 5.89. The molecule has 0 amide bonds. The molecule has 2 saturated heterocycles. The summed E-state index contributed by atoms with van der Waals surface area (Å²) in [7, 11) is 0. The number of ether oxygens (including phenoxy) is 3. The Labute approximate surface area is 241 Å². The van der Waals surface area contributed by atoms with E-state index in [-0.39, 0.29) is 11.3 Å². The number of benzene rings is 2. The van der Waals surface area contributed by atoms with E-state index in [2.05, 4.69) is 0 Å². The monoisotopic (exact) mass is 610 g/mol. The summed E-state index contributed by atoms with van der Waals surface area (Å²) in [6.07, 6.45) is -17.7. The van der Waals surface area contributed by atoms with Gasteiger partial charge in [0.15, 0.2) is 28.8 Å². The van der Waals surface area contributed by atoms with Gasteiger partial charge in [-0.2, -0.15) is 0 Å². The SMILES string of the molecule is O=c1cc(-c2ccc(O)c(O)c2)oc2c([C@@H]3O[C@@H](CO)[C@@H](O)[C@@H](O)[C@@H]3O[C@H]3O[C@@H](CO)[C@H](O)[C@@H](O)[C@@H]3O)c(O)cc(O)c12. The molecule has 5 rings (SSSR count). The maximum Gasteiger partial charge on any atom is 0.197 e. The summed E-state index contributed by atoms with van der Waals surface area (Å²) in [6.45, 7) is -1.66. The zero-order valence-corrected chi connectivity index (χ0v) is 22.0. The van der Waals surface area contributed by atoms with E-state index >= 15 is 0 Å². The lowest BCUT2D eigenvalue weighted by Gasteiger charge is -2.46. The minimum absolute atomic E-state index is 0.0884. The van der Waals surface area contributed by atoms with Gasteiger partial charge in [0.1, 0.15) is 77.6 Å². The number of aliphatic hydroxyl groups excluding tert-OH is 7. The molecule has 11 N–H and O–H groups in total. The van der Waals surface area contributed by atoms with Crippen LogP contribution in [0.3, 0.4) is 0 Å². The average Bonchev–Trinajstić information content (AvgIpc) is 2.97. The molecule has 3 aromatic rings. The first-order valence-electron chi connectivity index (χ1n) is 13.0. The number of phenolic OH excluding ortho intramolecular Hbond substituents is 4. The van der Waals surface area contributed by atoms with Crippen LogP contribution in [-0.2, 0) is 14.2 Å². The Morgan fingerprint density at radius 3 is 2.00 bits per heavy atom. The van der Waals surface area contributed by atoms with Gasteiger partial charge in [0, 0.05) is 17.7 Å². The fraction of sp³-hybridized carbons (Fsp3) is 0.444. The zero-order valence-electron chi connectivity index (χ0n) is 22.0. The summed E-state index contributed by atoms with van der Waals surface area (Å²) in [6, 6.07) is 5.24. The first-order valence-corrected chi connectivity index (χ1v) is 13.0. The second-order valence-electron chi connectivity index (χ2n) is 10.3. The van der Waals surface area contributed by atoms with Gasteiger partial charge in [-0.05, 0) is 18.2 Å². The molecule has 0 aliphatic carbocycles. The molecule has 16 nitrogen and oxygen atoms in total. The number of aliphatic hydroxyl groups is 7. The predicted octanol–water partition coefficient (Wildman–Crippen LogP) is -2.38. The maximum absolute atomic E-state index is 13.2. The topological polar surface area (TPSA) is 280 Å². The third-order valence-corrected chi connectivity index (χ3v) is 7.55. The van der Waals surface area contributed by atoms with Crippen LogP contribution in [-0.4, -0.2) is 125 Å². The van der Waals surface area contributed by atoms with E-state index in [9.17, 15) is 61.0 Å². The summed E-state index contributed by atoms with van der Waals surface area (Å²) in [4.78, 5) is 13.2. The molecular formula is C27H30O16. The summed E-state index contributed by atoms with van der Waals surface area (Å²) >= 11 is 0. The van der Waals surface area contributed by atoms with Crippen molar-refractivity contribution < 1.29 is 74.8 Å². The number of hydrogen-bond donors (Lipinski definition) is 11.